The van der Waals surface area contributed by atoms with Gasteiger partial charge < -0.3 is 15.0 Å². The maximum Gasteiger partial charge on any atom is 0.239 e. The van der Waals surface area contributed by atoms with Crippen LogP contribution in [-0.2, 0) is 9.53 Å². The smallest absolute Gasteiger partial charge is 0.239 e. The fourth-order valence-corrected chi connectivity index (χ4v) is 3.94. The molecule has 4 heteroatoms. The van der Waals surface area contributed by atoms with E-state index < -0.39 is 0 Å². The number of likely N-dealkylation sites (N-methyl/N-ethyl adjacent to an activating group) is 1. The van der Waals surface area contributed by atoms with Crippen LogP contribution in [-0.4, -0.2) is 49.2 Å². The van der Waals surface area contributed by atoms with E-state index in [0.717, 1.165) is 25.4 Å². The summed E-state index contributed by atoms with van der Waals surface area (Å²) in [4.78, 5) is 14.5. The Labute approximate surface area is 115 Å². The van der Waals surface area contributed by atoms with Gasteiger partial charge in [-0.2, -0.15) is 0 Å². The Bertz CT molecular complexity index is 328. The van der Waals surface area contributed by atoms with E-state index in [1.807, 2.05) is 11.9 Å². The van der Waals surface area contributed by atoms with E-state index in [1.165, 1.54) is 32.1 Å². The van der Waals surface area contributed by atoms with Crippen LogP contribution in [0.3, 0.4) is 0 Å². The molecule has 3 aliphatic rings. The summed E-state index contributed by atoms with van der Waals surface area (Å²) in [6.45, 7) is 1.51. The maximum atomic E-state index is 12.6. The number of ether oxygens (including phenoxy) is 1. The van der Waals surface area contributed by atoms with Crippen LogP contribution in [0.15, 0.2) is 0 Å². The van der Waals surface area contributed by atoms with Crippen LogP contribution in [0.4, 0.5) is 0 Å². The number of carbonyl (C=O) groups excluding carboxylic acids is 1. The van der Waals surface area contributed by atoms with Crippen molar-refractivity contribution < 1.29 is 9.53 Å². The Morgan fingerprint density at radius 1 is 1.16 bits per heavy atom. The van der Waals surface area contributed by atoms with Gasteiger partial charge in [0.05, 0.1) is 18.7 Å². The van der Waals surface area contributed by atoms with E-state index >= 15 is 0 Å². The maximum absolute atomic E-state index is 12.6. The van der Waals surface area contributed by atoms with Crippen molar-refractivity contribution in [3.8, 4) is 0 Å². The first kappa shape index (κ1) is 13.4. The van der Waals surface area contributed by atoms with E-state index in [2.05, 4.69) is 5.32 Å². The van der Waals surface area contributed by atoms with E-state index in [9.17, 15) is 4.79 Å². The zero-order valence-corrected chi connectivity index (χ0v) is 11.9. The SMILES string of the molecule is CN(C(=O)C1CCC2CCCCC2N1)C1CCOC1. The summed E-state index contributed by atoms with van der Waals surface area (Å²) in [5, 5.41) is 3.63. The van der Waals surface area contributed by atoms with Gasteiger partial charge in [-0.05, 0) is 38.0 Å². The molecule has 0 aromatic heterocycles. The largest absolute Gasteiger partial charge is 0.379 e. The molecule has 1 N–H and O–H groups in total. The summed E-state index contributed by atoms with van der Waals surface area (Å²) in [5.41, 5.74) is 0. The quantitative estimate of drug-likeness (QED) is 0.824. The Kier molecular flexibility index (Phi) is 4.08. The molecule has 108 valence electrons. The summed E-state index contributed by atoms with van der Waals surface area (Å²) in [6, 6.07) is 0.924. The molecule has 0 radical (unpaired) electrons. The standard InChI is InChI=1S/C15H26N2O2/c1-17(12-8-9-19-10-12)15(18)14-7-6-11-4-2-3-5-13(11)16-14/h11-14,16H,2-10H2,1H3. The molecule has 0 bridgehead atoms. The number of hydrogen-bond acceptors (Lipinski definition) is 3. The van der Waals surface area contributed by atoms with Gasteiger partial charge in [0, 0.05) is 19.7 Å². The topological polar surface area (TPSA) is 41.6 Å². The number of hydrogen-bond donors (Lipinski definition) is 1. The second-order valence-electron chi connectivity index (χ2n) is 6.41. The molecule has 1 amide bonds. The van der Waals surface area contributed by atoms with Crippen molar-refractivity contribution in [1.29, 1.82) is 0 Å². The number of nitrogens with one attached hydrogen (secondary N) is 1. The third-order valence-electron chi connectivity index (χ3n) is 5.25. The highest BCUT2D eigenvalue weighted by Crippen LogP contribution is 2.32. The predicted octanol–water partition coefficient (Wildman–Crippen LogP) is 1.54. The minimum Gasteiger partial charge on any atom is -0.379 e. The van der Waals surface area contributed by atoms with Crippen LogP contribution in [0.1, 0.15) is 44.9 Å². The van der Waals surface area contributed by atoms with Crippen molar-refractivity contribution in [3.63, 3.8) is 0 Å². The van der Waals surface area contributed by atoms with E-state index in [-0.39, 0.29) is 11.9 Å². The highest BCUT2D eigenvalue weighted by atomic mass is 16.5. The van der Waals surface area contributed by atoms with Crippen LogP contribution >= 0.6 is 0 Å². The fourth-order valence-electron chi connectivity index (χ4n) is 3.94. The lowest BCUT2D eigenvalue weighted by Gasteiger charge is -2.41. The van der Waals surface area contributed by atoms with E-state index in [0.29, 0.717) is 18.7 Å². The molecule has 4 nitrogen and oxygen atoms in total. The second-order valence-corrected chi connectivity index (χ2v) is 6.41. The molecule has 3 fully saturated rings. The average molecular weight is 266 g/mol. The third-order valence-corrected chi connectivity index (χ3v) is 5.25. The third kappa shape index (κ3) is 2.79. The molecule has 0 spiro atoms. The Balaban J connectivity index is 1.57. The van der Waals surface area contributed by atoms with Crippen LogP contribution in [0.5, 0.6) is 0 Å². The predicted molar refractivity (Wildman–Crippen MR) is 73.9 cm³/mol. The normalized spacial score (nSPS) is 38.8. The molecule has 0 aromatic carbocycles. The van der Waals surface area contributed by atoms with Crippen LogP contribution < -0.4 is 5.32 Å². The number of nitrogens with zero attached hydrogens (tertiary/aromatic N) is 1. The van der Waals surface area contributed by atoms with Gasteiger partial charge in [0.25, 0.3) is 0 Å². The van der Waals surface area contributed by atoms with Gasteiger partial charge in [-0.3, -0.25) is 4.79 Å². The Hall–Kier alpha value is -0.610. The summed E-state index contributed by atoms with van der Waals surface area (Å²) in [5.74, 6) is 1.09. The monoisotopic (exact) mass is 266 g/mol. The van der Waals surface area contributed by atoms with Crippen molar-refractivity contribution in [2.24, 2.45) is 5.92 Å². The number of piperidine rings is 1. The fraction of sp³-hybridized carbons (Fsp3) is 0.933. The first-order valence-electron chi connectivity index (χ1n) is 7.86. The van der Waals surface area contributed by atoms with Crippen molar-refractivity contribution in [3.05, 3.63) is 0 Å². The molecule has 19 heavy (non-hydrogen) atoms. The molecule has 1 aliphatic carbocycles. The minimum absolute atomic E-state index is 0.0463. The van der Waals surface area contributed by atoms with Gasteiger partial charge in [-0.15, -0.1) is 0 Å². The van der Waals surface area contributed by atoms with Crippen molar-refractivity contribution in [1.82, 2.24) is 10.2 Å². The van der Waals surface area contributed by atoms with Crippen LogP contribution in [0.25, 0.3) is 0 Å². The zero-order valence-electron chi connectivity index (χ0n) is 11.9. The molecule has 4 atom stereocenters. The van der Waals surface area contributed by atoms with Gasteiger partial charge in [-0.1, -0.05) is 12.8 Å². The summed E-state index contributed by atoms with van der Waals surface area (Å²) in [6.07, 6.45) is 8.53. The first-order valence-corrected chi connectivity index (χ1v) is 7.86. The molecule has 0 aromatic rings. The Morgan fingerprint density at radius 3 is 2.79 bits per heavy atom. The molecular formula is C15H26N2O2. The molecule has 3 rings (SSSR count). The first-order chi connectivity index (χ1) is 9.25. The summed E-state index contributed by atoms with van der Waals surface area (Å²) >= 11 is 0. The number of rotatable bonds is 2. The molecular weight excluding hydrogens is 240 g/mol. The van der Waals surface area contributed by atoms with Crippen molar-refractivity contribution >= 4 is 5.91 Å². The van der Waals surface area contributed by atoms with Gasteiger partial charge in [0.2, 0.25) is 5.91 Å². The molecule has 2 saturated heterocycles. The average Bonchev–Trinajstić information content (AvgIpc) is 2.99. The molecule has 2 aliphatic heterocycles. The highest BCUT2D eigenvalue weighted by Gasteiger charge is 2.37. The second kappa shape index (κ2) is 5.80. The minimum atomic E-state index is 0.0463. The van der Waals surface area contributed by atoms with Gasteiger partial charge in [0.15, 0.2) is 0 Å². The van der Waals surface area contributed by atoms with E-state index in [4.69, 9.17) is 4.74 Å². The summed E-state index contributed by atoms with van der Waals surface area (Å²) < 4.78 is 5.39. The molecule has 1 saturated carbocycles. The van der Waals surface area contributed by atoms with Crippen LogP contribution in [0, 0.1) is 5.92 Å². The lowest BCUT2D eigenvalue weighted by atomic mass is 9.77. The number of fused-ring (bicyclic) bond motifs is 1. The van der Waals surface area contributed by atoms with Gasteiger partial charge >= 0.3 is 0 Å². The van der Waals surface area contributed by atoms with Crippen LogP contribution in [0.2, 0.25) is 0 Å². The summed E-state index contributed by atoms with van der Waals surface area (Å²) in [7, 11) is 1.94. The lowest BCUT2D eigenvalue weighted by Crippen LogP contribution is -2.56. The lowest BCUT2D eigenvalue weighted by molar-refractivity contribution is -0.135. The highest BCUT2D eigenvalue weighted by molar-refractivity contribution is 5.82. The number of carbonyl (C=O) groups is 1. The van der Waals surface area contributed by atoms with Gasteiger partial charge in [0.1, 0.15) is 0 Å². The van der Waals surface area contributed by atoms with Crippen molar-refractivity contribution in [2.45, 2.75) is 63.1 Å². The zero-order chi connectivity index (χ0) is 13.2. The number of amides is 1. The Morgan fingerprint density at radius 2 is 2.00 bits per heavy atom. The molecule has 2 heterocycles. The molecule has 4 unspecified atom stereocenters. The van der Waals surface area contributed by atoms with Gasteiger partial charge in [-0.25, -0.2) is 0 Å². The van der Waals surface area contributed by atoms with E-state index in [1.54, 1.807) is 0 Å². The van der Waals surface area contributed by atoms with Crippen molar-refractivity contribution in [2.75, 3.05) is 20.3 Å².